The highest BCUT2D eigenvalue weighted by Crippen LogP contribution is 2.24. The van der Waals surface area contributed by atoms with Gasteiger partial charge in [-0.25, -0.2) is 4.79 Å². The molecular weight excluding hydrogens is 324 g/mol. The maximum atomic E-state index is 12.7. The maximum Gasteiger partial charge on any atom is 0.329 e. The van der Waals surface area contributed by atoms with Gasteiger partial charge in [0.1, 0.15) is 11.5 Å². The predicted molar refractivity (Wildman–Crippen MR) is 93.4 cm³/mol. The molecule has 130 valence electrons. The zero-order valence-corrected chi connectivity index (χ0v) is 13.9. The number of benzene rings is 2. The zero-order valence-electron chi connectivity index (χ0n) is 13.9. The molecule has 1 heterocycles. The molecule has 0 spiro atoms. The van der Waals surface area contributed by atoms with E-state index in [2.05, 4.69) is 4.98 Å². The number of nitrogens with zero attached hydrogens (tertiary/aromatic N) is 1. The topological polar surface area (TPSA) is 93.5 Å². The second-order valence-corrected chi connectivity index (χ2v) is 5.54. The highest BCUT2D eigenvalue weighted by molar-refractivity contribution is 5.77. The number of hydrogen-bond donors (Lipinski definition) is 2. The van der Waals surface area contributed by atoms with Crippen molar-refractivity contribution in [1.29, 1.82) is 0 Å². The Morgan fingerprint density at radius 3 is 2.56 bits per heavy atom. The third-order valence-corrected chi connectivity index (χ3v) is 4.05. The smallest absolute Gasteiger partial charge is 0.329 e. The first kappa shape index (κ1) is 16.8. The average molecular weight is 342 g/mol. The fourth-order valence-electron chi connectivity index (χ4n) is 2.70. The molecule has 0 saturated heterocycles. The molecule has 0 unspecified atom stereocenters. The van der Waals surface area contributed by atoms with Crippen molar-refractivity contribution >= 4 is 10.9 Å². The summed E-state index contributed by atoms with van der Waals surface area (Å²) in [4.78, 5) is 27.7. The molecule has 2 N–H and O–H groups in total. The van der Waals surface area contributed by atoms with Crippen LogP contribution in [0.5, 0.6) is 11.5 Å². The van der Waals surface area contributed by atoms with Crippen LogP contribution in [0.2, 0.25) is 0 Å². The van der Waals surface area contributed by atoms with Crippen LogP contribution in [0.1, 0.15) is 11.1 Å². The highest BCUT2D eigenvalue weighted by Gasteiger charge is 2.12. The third-order valence-electron chi connectivity index (χ3n) is 4.05. The number of H-pyrrole nitrogens is 1. The molecule has 3 aromatic rings. The fraction of sp³-hybridized carbons (Fsp3) is 0.222. The van der Waals surface area contributed by atoms with Crippen LogP contribution in [0.4, 0.5) is 0 Å². The van der Waals surface area contributed by atoms with Gasteiger partial charge in [0.2, 0.25) is 0 Å². The molecule has 0 fully saturated rings. The monoisotopic (exact) mass is 342 g/mol. The number of aliphatic hydroxyl groups is 1. The molecule has 7 nitrogen and oxygen atoms in total. The number of aromatic amines is 1. The van der Waals surface area contributed by atoms with E-state index in [0.29, 0.717) is 33.5 Å². The van der Waals surface area contributed by atoms with Crippen LogP contribution in [0.3, 0.4) is 0 Å². The number of nitrogens with one attached hydrogen (secondary N) is 1. The fourth-order valence-corrected chi connectivity index (χ4v) is 2.70. The highest BCUT2D eigenvalue weighted by atomic mass is 16.5. The number of ether oxygens (including phenoxy) is 2. The van der Waals surface area contributed by atoms with Crippen LogP contribution < -0.4 is 20.7 Å². The first-order valence-corrected chi connectivity index (χ1v) is 7.65. The summed E-state index contributed by atoms with van der Waals surface area (Å²) < 4.78 is 11.6. The Hall–Kier alpha value is -3.06. The van der Waals surface area contributed by atoms with Crippen LogP contribution in [-0.4, -0.2) is 28.9 Å². The Kier molecular flexibility index (Phi) is 4.58. The van der Waals surface area contributed by atoms with Gasteiger partial charge in [-0.2, -0.15) is 0 Å². The van der Waals surface area contributed by atoms with E-state index in [0.717, 1.165) is 4.57 Å². The van der Waals surface area contributed by atoms with Gasteiger partial charge in [0.25, 0.3) is 5.56 Å². The SMILES string of the molecule is COc1ccc(Cn2c(=O)[nH]c3cc(CO)ccc3c2=O)c(OC)c1. The van der Waals surface area contributed by atoms with Gasteiger partial charge in [-0.15, -0.1) is 0 Å². The van der Waals surface area contributed by atoms with Gasteiger partial charge in [-0.3, -0.25) is 9.36 Å². The number of fused-ring (bicyclic) bond motifs is 1. The molecular formula is C18H18N2O5. The Bertz CT molecular complexity index is 1040. The van der Waals surface area contributed by atoms with E-state index in [4.69, 9.17) is 9.47 Å². The lowest BCUT2D eigenvalue weighted by molar-refractivity contribution is 0.282. The summed E-state index contributed by atoms with van der Waals surface area (Å²) in [7, 11) is 3.07. The van der Waals surface area contributed by atoms with Gasteiger partial charge in [-0.05, 0) is 29.8 Å². The summed E-state index contributed by atoms with van der Waals surface area (Å²) in [5.74, 6) is 1.15. The van der Waals surface area contributed by atoms with Gasteiger partial charge in [0, 0.05) is 11.6 Å². The maximum absolute atomic E-state index is 12.7. The number of aliphatic hydroxyl groups excluding tert-OH is 1. The van der Waals surface area contributed by atoms with E-state index >= 15 is 0 Å². The number of hydrogen-bond acceptors (Lipinski definition) is 5. The molecule has 0 aliphatic heterocycles. The summed E-state index contributed by atoms with van der Waals surface area (Å²) in [6, 6.07) is 10.0. The van der Waals surface area contributed by atoms with Crippen molar-refractivity contribution in [3.63, 3.8) is 0 Å². The van der Waals surface area contributed by atoms with Crippen molar-refractivity contribution in [2.45, 2.75) is 13.2 Å². The number of aromatic nitrogens is 2. The molecule has 0 amide bonds. The quantitative estimate of drug-likeness (QED) is 0.728. The largest absolute Gasteiger partial charge is 0.497 e. The molecule has 0 bridgehead atoms. The second-order valence-electron chi connectivity index (χ2n) is 5.54. The van der Waals surface area contributed by atoms with Gasteiger partial charge < -0.3 is 19.6 Å². The minimum atomic E-state index is -0.523. The van der Waals surface area contributed by atoms with Gasteiger partial charge >= 0.3 is 5.69 Å². The van der Waals surface area contributed by atoms with E-state index in [-0.39, 0.29) is 13.2 Å². The molecule has 3 rings (SSSR count). The van der Waals surface area contributed by atoms with E-state index in [1.165, 1.54) is 7.11 Å². The summed E-state index contributed by atoms with van der Waals surface area (Å²) in [6.07, 6.45) is 0. The van der Waals surface area contributed by atoms with Crippen molar-refractivity contribution in [1.82, 2.24) is 9.55 Å². The predicted octanol–water partition coefficient (Wildman–Crippen LogP) is 1.25. The molecule has 0 aliphatic carbocycles. The molecule has 7 heteroatoms. The van der Waals surface area contributed by atoms with Crippen LogP contribution in [0, 0.1) is 0 Å². The summed E-state index contributed by atoms with van der Waals surface area (Å²) in [6.45, 7) is -0.0941. The standard InChI is InChI=1S/C18H18N2O5/c1-24-13-5-4-12(16(8-13)25-2)9-20-17(22)14-6-3-11(10-21)7-15(14)19-18(20)23/h3-8,21H,9-10H2,1-2H3,(H,19,23). The number of methoxy groups -OCH3 is 2. The van der Waals surface area contributed by atoms with Crippen LogP contribution in [0.25, 0.3) is 10.9 Å². The van der Waals surface area contributed by atoms with E-state index in [1.54, 1.807) is 43.5 Å². The minimum absolute atomic E-state index is 0.0685. The van der Waals surface area contributed by atoms with Gasteiger partial charge in [0.05, 0.1) is 38.3 Å². The van der Waals surface area contributed by atoms with Crippen molar-refractivity contribution < 1.29 is 14.6 Å². The summed E-state index contributed by atoms with van der Waals surface area (Å²) in [5.41, 5.74) is 0.783. The van der Waals surface area contributed by atoms with E-state index in [1.807, 2.05) is 0 Å². The van der Waals surface area contributed by atoms with Crippen molar-refractivity contribution in [3.8, 4) is 11.5 Å². The minimum Gasteiger partial charge on any atom is -0.497 e. The molecule has 2 aromatic carbocycles. The summed E-state index contributed by atoms with van der Waals surface area (Å²) in [5, 5.41) is 9.57. The van der Waals surface area contributed by atoms with Crippen LogP contribution in [0.15, 0.2) is 46.0 Å². The Labute approximate surface area is 143 Å². The normalized spacial score (nSPS) is 10.8. The first-order chi connectivity index (χ1) is 12.1. The molecule has 25 heavy (non-hydrogen) atoms. The lowest BCUT2D eigenvalue weighted by Crippen LogP contribution is -2.35. The molecule has 1 aromatic heterocycles. The van der Waals surface area contributed by atoms with E-state index in [9.17, 15) is 14.7 Å². The average Bonchev–Trinajstić information content (AvgIpc) is 2.64. The third kappa shape index (κ3) is 3.14. The van der Waals surface area contributed by atoms with Crippen LogP contribution in [-0.2, 0) is 13.2 Å². The zero-order chi connectivity index (χ0) is 18.0. The second kappa shape index (κ2) is 6.82. The molecule has 0 aliphatic rings. The Balaban J connectivity index is 2.11. The molecule has 0 saturated carbocycles. The van der Waals surface area contributed by atoms with Crippen molar-refractivity contribution in [3.05, 3.63) is 68.4 Å². The first-order valence-electron chi connectivity index (χ1n) is 7.65. The Morgan fingerprint density at radius 2 is 1.88 bits per heavy atom. The van der Waals surface area contributed by atoms with Crippen molar-refractivity contribution in [2.24, 2.45) is 0 Å². The van der Waals surface area contributed by atoms with Gasteiger partial charge in [-0.1, -0.05) is 6.07 Å². The molecule has 0 radical (unpaired) electrons. The van der Waals surface area contributed by atoms with E-state index < -0.39 is 11.2 Å². The lowest BCUT2D eigenvalue weighted by Gasteiger charge is -2.12. The number of rotatable bonds is 5. The lowest BCUT2D eigenvalue weighted by atomic mass is 10.1. The molecule has 0 atom stereocenters. The summed E-state index contributed by atoms with van der Waals surface area (Å²) >= 11 is 0. The van der Waals surface area contributed by atoms with Crippen molar-refractivity contribution in [2.75, 3.05) is 14.2 Å². The van der Waals surface area contributed by atoms with Gasteiger partial charge in [0.15, 0.2) is 0 Å². The Morgan fingerprint density at radius 1 is 1.08 bits per heavy atom. The van der Waals surface area contributed by atoms with Crippen LogP contribution >= 0.6 is 0 Å².